The average molecular weight is 867 g/mol. The molecule has 0 bridgehead atoms. The molecule has 3 atom stereocenters. The number of likely N-dealkylation sites (tertiary alicyclic amines) is 1. The van der Waals surface area contributed by atoms with Crippen molar-refractivity contribution in [3.05, 3.63) is 78.1 Å². The molecule has 5 N–H and O–H groups in total. The fourth-order valence-corrected chi connectivity index (χ4v) is 7.37. The number of carbonyl (C=O) groups is 4. The molecule has 2 aliphatic rings. The van der Waals surface area contributed by atoms with Crippen LogP contribution in [0.4, 0.5) is 33.9 Å². The standard InChI is InChI=1S/C43H50F4N8O7/c1-24-18-33(55(23-24)39(57)36(54-41(59)60-5)27-12-16-61-17-13-27)37-51-22-32(52-37)26-8-6-25(7-9-26)29-19-30(44)31(20-34(29)62-43(45,46)47)53-38(56)28-10-11-35(50-21-28)48-14-15-49-40(58)42(2,3)4/h6-11,19-22,24,27,33,36H,12-18,23H2,1-5H3,(H,48,50)(H,49,58)(H,51,52)(H,53,56)(H,54,59)/t24-,33-,36-/m0/s1. The van der Waals surface area contributed by atoms with Crippen LogP contribution < -0.4 is 26.0 Å². The number of nitrogens with zero attached hydrogens (tertiary/aromatic N) is 3. The van der Waals surface area contributed by atoms with Crippen LogP contribution in [0.15, 0.2) is 60.9 Å². The predicted octanol–water partition coefficient (Wildman–Crippen LogP) is 7.06. The van der Waals surface area contributed by atoms with Crippen LogP contribution in [0, 0.1) is 23.1 Å². The number of anilines is 2. The Labute approximate surface area is 355 Å². The Bertz CT molecular complexity index is 2220. The maximum atomic E-state index is 15.6. The number of amides is 4. The summed E-state index contributed by atoms with van der Waals surface area (Å²) >= 11 is 0. The number of pyridine rings is 1. The Hall–Kier alpha value is -6.24. The van der Waals surface area contributed by atoms with Gasteiger partial charge in [0.15, 0.2) is 0 Å². The van der Waals surface area contributed by atoms with E-state index in [0.29, 0.717) is 75.0 Å². The lowest BCUT2D eigenvalue weighted by Crippen LogP contribution is -2.53. The molecule has 2 fully saturated rings. The van der Waals surface area contributed by atoms with Crippen LogP contribution in [-0.2, 0) is 19.1 Å². The highest BCUT2D eigenvalue weighted by molar-refractivity contribution is 6.04. The van der Waals surface area contributed by atoms with Crippen molar-refractivity contribution in [3.63, 3.8) is 0 Å². The summed E-state index contributed by atoms with van der Waals surface area (Å²) in [6.07, 6.45) is -1.23. The third kappa shape index (κ3) is 11.4. The first-order valence-electron chi connectivity index (χ1n) is 20.2. The summed E-state index contributed by atoms with van der Waals surface area (Å²) in [7, 11) is 1.24. The number of rotatable bonds is 13. The van der Waals surface area contributed by atoms with Crippen molar-refractivity contribution in [2.75, 3.05) is 50.6 Å². The molecule has 2 aromatic carbocycles. The van der Waals surface area contributed by atoms with E-state index in [2.05, 4.69) is 41.0 Å². The van der Waals surface area contributed by atoms with Crippen molar-refractivity contribution >= 4 is 35.3 Å². The third-order valence-corrected chi connectivity index (χ3v) is 10.6. The summed E-state index contributed by atoms with van der Waals surface area (Å²) < 4.78 is 71.2. The lowest BCUT2D eigenvalue weighted by Gasteiger charge is -2.34. The summed E-state index contributed by atoms with van der Waals surface area (Å²) in [5.41, 5.74) is 0.0467. The van der Waals surface area contributed by atoms with Gasteiger partial charge in [0, 0.05) is 56.1 Å². The third-order valence-electron chi connectivity index (χ3n) is 10.6. The zero-order valence-electron chi connectivity index (χ0n) is 35.0. The number of hydrogen-bond acceptors (Lipinski definition) is 10. The minimum Gasteiger partial charge on any atom is -0.453 e. The second kappa shape index (κ2) is 19.2. The highest BCUT2D eigenvalue weighted by atomic mass is 19.4. The molecule has 0 radical (unpaired) electrons. The Kier molecular flexibility index (Phi) is 14.0. The second-order valence-electron chi connectivity index (χ2n) is 16.4. The van der Waals surface area contributed by atoms with Crippen LogP contribution in [-0.4, -0.2) is 96.0 Å². The van der Waals surface area contributed by atoms with E-state index in [-0.39, 0.29) is 40.3 Å². The fourth-order valence-electron chi connectivity index (χ4n) is 7.37. The van der Waals surface area contributed by atoms with Crippen LogP contribution in [0.25, 0.3) is 22.4 Å². The molecule has 0 spiro atoms. The lowest BCUT2D eigenvalue weighted by molar-refractivity contribution is -0.274. The van der Waals surface area contributed by atoms with Gasteiger partial charge in [-0.3, -0.25) is 14.4 Å². The van der Waals surface area contributed by atoms with E-state index in [1.807, 2.05) is 6.92 Å². The highest BCUT2D eigenvalue weighted by Gasteiger charge is 2.42. The summed E-state index contributed by atoms with van der Waals surface area (Å²) in [4.78, 5) is 65.2. The molecule has 19 heteroatoms. The first-order valence-corrected chi connectivity index (χ1v) is 20.2. The number of alkyl halides is 3. The zero-order chi connectivity index (χ0) is 44.8. The van der Waals surface area contributed by atoms with Gasteiger partial charge >= 0.3 is 12.5 Å². The molecule has 2 aromatic heterocycles. The largest absolute Gasteiger partial charge is 0.573 e. The summed E-state index contributed by atoms with van der Waals surface area (Å²) in [6.45, 7) is 9.48. The van der Waals surface area contributed by atoms with Crippen molar-refractivity contribution < 1.29 is 51.0 Å². The number of ether oxygens (including phenoxy) is 3. The quantitative estimate of drug-likeness (QED) is 0.0688. The highest BCUT2D eigenvalue weighted by Crippen LogP contribution is 2.40. The van der Waals surface area contributed by atoms with Gasteiger partial charge < -0.3 is 45.4 Å². The number of aromatic amines is 1. The fraction of sp³-hybridized carbons (Fsp3) is 0.442. The second-order valence-corrected chi connectivity index (χ2v) is 16.4. The van der Waals surface area contributed by atoms with Crippen molar-refractivity contribution in [2.45, 2.75) is 65.4 Å². The van der Waals surface area contributed by atoms with Gasteiger partial charge in [-0.25, -0.2) is 19.2 Å². The first kappa shape index (κ1) is 45.3. The molecule has 4 aromatic rings. The summed E-state index contributed by atoms with van der Waals surface area (Å²) in [6, 6.07) is 9.50. The topological polar surface area (TPSA) is 189 Å². The van der Waals surface area contributed by atoms with Gasteiger partial charge in [-0.2, -0.15) is 0 Å². The number of benzene rings is 2. The molecular weight excluding hydrogens is 817 g/mol. The molecule has 0 unspecified atom stereocenters. The lowest BCUT2D eigenvalue weighted by atomic mass is 9.90. The van der Waals surface area contributed by atoms with Crippen molar-refractivity contribution in [1.29, 1.82) is 0 Å². The van der Waals surface area contributed by atoms with E-state index >= 15 is 4.39 Å². The normalized spacial score (nSPS) is 17.5. The van der Waals surface area contributed by atoms with Crippen molar-refractivity contribution in [1.82, 2.24) is 30.5 Å². The zero-order valence-corrected chi connectivity index (χ0v) is 35.0. The van der Waals surface area contributed by atoms with Gasteiger partial charge in [0.25, 0.3) is 5.91 Å². The van der Waals surface area contributed by atoms with Crippen molar-refractivity contribution in [2.24, 2.45) is 17.3 Å². The van der Waals surface area contributed by atoms with E-state index < -0.39 is 53.1 Å². The smallest absolute Gasteiger partial charge is 0.453 e. The van der Waals surface area contributed by atoms with Crippen molar-refractivity contribution in [3.8, 4) is 28.1 Å². The van der Waals surface area contributed by atoms with Crippen LogP contribution in [0.2, 0.25) is 0 Å². The molecule has 6 rings (SSSR count). The van der Waals surface area contributed by atoms with Gasteiger partial charge in [0.2, 0.25) is 11.8 Å². The number of nitrogens with one attached hydrogen (secondary N) is 5. The molecule has 332 valence electrons. The summed E-state index contributed by atoms with van der Waals surface area (Å²) in [5.74, 6) is -2.04. The molecule has 62 heavy (non-hydrogen) atoms. The van der Waals surface area contributed by atoms with Gasteiger partial charge in [-0.05, 0) is 60.4 Å². The molecule has 15 nitrogen and oxygen atoms in total. The Morgan fingerprint density at radius 1 is 0.968 bits per heavy atom. The number of H-pyrrole nitrogens is 1. The van der Waals surface area contributed by atoms with Gasteiger partial charge in [0.1, 0.15) is 29.3 Å². The number of halogens is 4. The number of hydrogen-bond donors (Lipinski definition) is 5. The van der Waals surface area contributed by atoms with Gasteiger partial charge in [0.05, 0.1) is 36.3 Å². The van der Waals surface area contributed by atoms with E-state index in [1.54, 1.807) is 44.0 Å². The molecule has 2 saturated heterocycles. The molecular formula is C43H50F4N8O7. The van der Waals surface area contributed by atoms with E-state index in [4.69, 9.17) is 9.47 Å². The number of alkyl carbamates (subject to hydrolysis) is 1. The minimum atomic E-state index is -5.14. The Balaban J connectivity index is 1.15. The first-order chi connectivity index (χ1) is 29.4. The maximum Gasteiger partial charge on any atom is 0.573 e. The van der Waals surface area contributed by atoms with Gasteiger partial charge in [-0.1, -0.05) is 52.0 Å². The minimum absolute atomic E-state index is 0.00686. The number of imidazole rings is 1. The van der Waals surface area contributed by atoms with E-state index in [0.717, 1.165) is 12.1 Å². The Morgan fingerprint density at radius 3 is 2.32 bits per heavy atom. The molecule has 0 saturated carbocycles. The Morgan fingerprint density at radius 2 is 1.68 bits per heavy atom. The predicted molar refractivity (Wildman–Crippen MR) is 220 cm³/mol. The SMILES string of the molecule is COC(=O)N[C@H](C(=O)N1C[C@@H](C)C[C@H]1c1ncc(-c2ccc(-c3cc(F)c(NC(=O)c4ccc(NCCNC(=O)C(C)(C)C)nc4)cc3OC(F)(F)F)cc2)[nH]1)C1CCOCC1. The maximum absolute atomic E-state index is 15.6. The van der Waals surface area contributed by atoms with Crippen LogP contribution >= 0.6 is 0 Å². The molecule has 4 amide bonds. The van der Waals surface area contributed by atoms with Crippen LogP contribution in [0.1, 0.15) is 69.2 Å². The number of methoxy groups -OCH3 is 1. The van der Waals surface area contributed by atoms with Gasteiger partial charge in [-0.15, -0.1) is 13.2 Å². The van der Waals surface area contributed by atoms with Crippen LogP contribution in [0.5, 0.6) is 5.75 Å². The van der Waals surface area contributed by atoms with Crippen LogP contribution in [0.3, 0.4) is 0 Å². The molecule has 4 heterocycles. The number of carbonyl (C=O) groups excluding carboxylic acids is 4. The van der Waals surface area contributed by atoms with E-state index in [1.165, 1.54) is 37.6 Å². The summed E-state index contributed by atoms with van der Waals surface area (Å²) in [5, 5.41) is 10.8. The number of aromatic nitrogens is 3. The van der Waals surface area contributed by atoms with E-state index in [9.17, 15) is 32.3 Å². The average Bonchev–Trinajstić information content (AvgIpc) is 3.89. The molecule has 2 aliphatic heterocycles. The molecule has 0 aliphatic carbocycles. The monoisotopic (exact) mass is 866 g/mol.